The number of hydrogen-bond acceptors (Lipinski definition) is 2. The monoisotopic (exact) mass is 193 g/mol. The maximum Gasteiger partial charge on any atom is 0.0492 e. The molecule has 1 aliphatic rings. The zero-order valence-electron chi connectivity index (χ0n) is 9.08. The van der Waals surface area contributed by atoms with E-state index in [2.05, 4.69) is 23.4 Å². The molecule has 2 rings (SSSR count). The smallest absolute Gasteiger partial charge is 0.0492 e. The molecule has 14 heavy (non-hydrogen) atoms. The lowest BCUT2D eigenvalue weighted by atomic mass is 9.93. The minimum Gasteiger partial charge on any atom is -0.312 e. The first-order valence-electron chi connectivity index (χ1n) is 5.42. The quantitative estimate of drug-likeness (QED) is 0.788. The highest BCUT2D eigenvalue weighted by molar-refractivity contribution is 5.02. The molecule has 1 aliphatic heterocycles. The Hall–Kier alpha value is -0.830. The van der Waals surface area contributed by atoms with Gasteiger partial charge in [-0.05, 0) is 45.2 Å². The van der Waals surface area contributed by atoms with Crippen molar-refractivity contribution in [1.29, 1.82) is 0 Å². The second kappa shape index (κ2) is 3.73. The van der Waals surface area contributed by atoms with E-state index in [-0.39, 0.29) is 0 Å². The van der Waals surface area contributed by atoms with Crippen molar-refractivity contribution in [3.05, 3.63) is 18.0 Å². The summed E-state index contributed by atoms with van der Waals surface area (Å²) in [5, 5.41) is 7.77. The van der Waals surface area contributed by atoms with Crippen LogP contribution in [0.15, 0.2) is 12.3 Å². The minimum atomic E-state index is 0.365. The van der Waals surface area contributed by atoms with Crippen LogP contribution in [0.3, 0.4) is 0 Å². The summed E-state index contributed by atoms with van der Waals surface area (Å²) in [5.74, 6) is 0. The van der Waals surface area contributed by atoms with E-state index in [1.165, 1.54) is 31.5 Å². The molecular weight excluding hydrogens is 174 g/mol. The molecule has 1 fully saturated rings. The third-order valence-electron chi connectivity index (χ3n) is 3.31. The van der Waals surface area contributed by atoms with Gasteiger partial charge in [-0.25, -0.2) is 0 Å². The summed E-state index contributed by atoms with van der Waals surface area (Å²) in [6.45, 7) is 3.51. The molecule has 3 heteroatoms. The Bertz CT molecular complexity index is 297. The molecule has 1 N–H and O–H groups in total. The van der Waals surface area contributed by atoms with Crippen molar-refractivity contribution in [3.8, 4) is 0 Å². The van der Waals surface area contributed by atoms with Gasteiger partial charge in [-0.1, -0.05) is 0 Å². The average molecular weight is 193 g/mol. The van der Waals surface area contributed by atoms with Crippen LogP contribution in [-0.4, -0.2) is 21.9 Å². The zero-order valence-corrected chi connectivity index (χ0v) is 9.08. The van der Waals surface area contributed by atoms with E-state index in [1.54, 1.807) is 0 Å². The van der Waals surface area contributed by atoms with Crippen molar-refractivity contribution < 1.29 is 0 Å². The number of nitrogens with one attached hydrogen (secondary N) is 1. The van der Waals surface area contributed by atoms with Gasteiger partial charge in [-0.2, -0.15) is 5.10 Å². The lowest BCUT2D eigenvalue weighted by Gasteiger charge is -2.24. The summed E-state index contributed by atoms with van der Waals surface area (Å²) in [6.07, 6.45) is 6.85. The van der Waals surface area contributed by atoms with Crippen molar-refractivity contribution in [1.82, 2.24) is 15.1 Å². The Labute approximate surface area is 85.5 Å². The molecule has 0 aliphatic carbocycles. The molecule has 0 amide bonds. The lowest BCUT2D eigenvalue weighted by Crippen LogP contribution is -2.36. The average Bonchev–Trinajstić information content (AvgIpc) is 2.73. The Morgan fingerprint density at radius 2 is 2.50 bits per heavy atom. The lowest BCUT2D eigenvalue weighted by molar-refractivity contribution is 0.380. The second-order valence-electron chi connectivity index (χ2n) is 4.54. The largest absolute Gasteiger partial charge is 0.312 e. The van der Waals surface area contributed by atoms with Gasteiger partial charge in [-0.15, -0.1) is 0 Å². The van der Waals surface area contributed by atoms with Crippen LogP contribution in [-0.2, 0) is 13.5 Å². The Kier molecular flexibility index (Phi) is 2.59. The van der Waals surface area contributed by atoms with E-state index >= 15 is 0 Å². The first kappa shape index (κ1) is 9.71. The molecule has 0 saturated carbocycles. The third kappa shape index (κ3) is 1.98. The van der Waals surface area contributed by atoms with E-state index in [9.17, 15) is 0 Å². The van der Waals surface area contributed by atoms with Crippen LogP contribution >= 0.6 is 0 Å². The molecule has 1 aromatic rings. The van der Waals surface area contributed by atoms with E-state index < -0.39 is 0 Å². The summed E-state index contributed by atoms with van der Waals surface area (Å²) in [6, 6.07) is 2.11. The van der Waals surface area contributed by atoms with Crippen molar-refractivity contribution in [2.24, 2.45) is 7.05 Å². The predicted octanol–water partition coefficient (Wildman–Crippen LogP) is 1.49. The first-order chi connectivity index (χ1) is 6.70. The number of rotatable bonds is 3. The standard InChI is InChI=1S/C11H19N3/c1-11(6-3-8-12-11)7-4-10-5-9-13-14(10)2/h5,9,12H,3-4,6-8H2,1-2H3. The predicted molar refractivity (Wildman–Crippen MR) is 57.2 cm³/mol. The second-order valence-corrected chi connectivity index (χ2v) is 4.54. The van der Waals surface area contributed by atoms with Gasteiger partial charge in [0.2, 0.25) is 0 Å². The van der Waals surface area contributed by atoms with Gasteiger partial charge >= 0.3 is 0 Å². The summed E-state index contributed by atoms with van der Waals surface area (Å²) >= 11 is 0. The normalized spacial score (nSPS) is 27.0. The van der Waals surface area contributed by atoms with Crippen LogP contribution in [0.25, 0.3) is 0 Å². The number of aromatic nitrogens is 2. The molecule has 1 aromatic heterocycles. The molecule has 78 valence electrons. The molecule has 0 aromatic carbocycles. The molecule has 3 nitrogen and oxygen atoms in total. The fourth-order valence-corrected chi connectivity index (χ4v) is 2.22. The van der Waals surface area contributed by atoms with Crippen molar-refractivity contribution >= 4 is 0 Å². The van der Waals surface area contributed by atoms with Gasteiger partial charge in [0, 0.05) is 24.5 Å². The van der Waals surface area contributed by atoms with E-state index in [0.29, 0.717) is 5.54 Å². The van der Waals surface area contributed by atoms with Crippen LogP contribution in [0, 0.1) is 0 Å². The third-order valence-corrected chi connectivity index (χ3v) is 3.31. The molecule has 0 spiro atoms. The maximum atomic E-state index is 4.18. The number of nitrogens with zero attached hydrogens (tertiary/aromatic N) is 2. The van der Waals surface area contributed by atoms with E-state index in [4.69, 9.17) is 0 Å². The van der Waals surface area contributed by atoms with E-state index in [1.807, 2.05) is 17.9 Å². The van der Waals surface area contributed by atoms with Gasteiger partial charge in [0.1, 0.15) is 0 Å². The van der Waals surface area contributed by atoms with Crippen LogP contribution < -0.4 is 5.32 Å². The molecule has 1 unspecified atom stereocenters. The topological polar surface area (TPSA) is 29.9 Å². The maximum absolute atomic E-state index is 4.18. The number of hydrogen-bond donors (Lipinski definition) is 1. The highest BCUT2D eigenvalue weighted by Crippen LogP contribution is 2.23. The van der Waals surface area contributed by atoms with Crippen molar-refractivity contribution in [2.75, 3.05) is 6.54 Å². The number of aryl methyl sites for hydroxylation is 2. The molecule has 0 radical (unpaired) electrons. The summed E-state index contributed by atoms with van der Waals surface area (Å²) in [5.41, 5.74) is 1.70. The molecule has 1 saturated heterocycles. The van der Waals surface area contributed by atoms with Gasteiger partial charge in [0.15, 0.2) is 0 Å². The van der Waals surface area contributed by atoms with E-state index in [0.717, 1.165) is 6.42 Å². The van der Waals surface area contributed by atoms with Crippen LogP contribution in [0.2, 0.25) is 0 Å². The zero-order chi connectivity index (χ0) is 10.0. The first-order valence-corrected chi connectivity index (χ1v) is 5.42. The van der Waals surface area contributed by atoms with Crippen LogP contribution in [0.5, 0.6) is 0 Å². The Morgan fingerprint density at radius 1 is 1.64 bits per heavy atom. The highest BCUT2D eigenvalue weighted by Gasteiger charge is 2.27. The molecule has 2 heterocycles. The molecule has 0 bridgehead atoms. The summed E-state index contributed by atoms with van der Waals surface area (Å²) in [4.78, 5) is 0. The van der Waals surface area contributed by atoms with Gasteiger partial charge in [-0.3, -0.25) is 4.68 Å². The van der Waals surface area contributed by atoms with Crippen LogP contribution in [0.1, 0.15) is 31.9 Å². The highest BCUT2D eigenvalue weighted by atomic mass is 15.2. The van der Waals surface area contributed by atoms with Gasteiger partial charge < -0.3 is 5.32 Å². The Morgan fingerprint density at radius 3 is 3.07 bits per heavy atom. The van der Waals surface area contributed by atoms with Gasteiger partial charge in [0.25, 0.3) is 0 Å². The summed E-state index contributed by atoms with van der Waals surface area (Å²) in [7, 11) is 2.01. The summed E-state index contributed by atoms with van der Waals surface area (Å²) < 4.78 is 1.97. The fraction of sp³-hybridized carbons (Fsp3) is 0.727. The Balaban J connectivity index is 1.91. The van der Waals surface area contributed by atoms with Crippen LogP contribution in [0.4, 0.5) is 0 Å². The fourth-order valence-electron chi connectivity index (χ4n) is 2.22. The van der Waals surface area contributed by atoms with Crippen molar-refractivity contribution in [2.45, 2.75) is 38.1 Å². The van der Waals surface area contributed by atoms with Gasteiger partial charge in [0.05, 0.1) is 0 Å². The molecular formula is C11H19N3. The van der Waals surface area contributed by atoms with Crippen molar-refractivity contribution in [3.63, 3.8) is 0 Å². The minimum absolute atomic E-state index is 0.365. The molecule has 1 atom stereocenters. The SMILES string of the molecule is Cn1nccc1CCC1(C)CCCN1.